The zero-order valence-electron chi connectivity index (χ0n) is 9.90. The van der Waals surface area contributed by atoms with Gasteiger partial charge in [-0.3, -0.25) is 0 Å². The van der Waals surface area contributed by atoms with Gasteiger partial charge in [-0.05, 0) is 12.8 Å². The zero-order valence-corrected chi connectivity index (χ0v) is 10.7. The Morgan fingerprint density at radius 1 is 1.56 bits per heavy atom. The normalized spacial score (nSPS) is 30.8. The van der Waals surface area contributed by atoms with Crippen LogP contribution in [0.4, 0.5) is 0 Å². The van der Waals surface area contributed by atoms with Crippen LogP contribution >= 0.6 is 0 Å². The predicted molar refractivity (Wildman–Crippen MR) is 62.2 cm³/mol. The molecular weight excluding hydrogens is 230 g/mol. The van der Waals surface area contributed by atoms with Crippen molar-refractivity contribution in [3.63, 3.8) is 0 Å². The van der Waals surface area contributed by atoms with Gasteiger partial charge in [0, 0.05) is 19.9 Å². The number of rotatable bonds is 6. The maximum Gasteiger partial charge on any atom is 0.152 e. The van der Waals surface area contributed by atoms with Crippen molar-refractivity contribution in [2.75, 3.05) is 33.1 Å². The van der Waals surface area contributed by atoms with Crippen LogP contribution in [0, 0.1) is 0 Å². The first-order valence-corrected chi connectivity index (χ1v) is 7.45. The van der Waals surface area contributed by atoms with Gasteiger partial charge >= 0.3 is 0 Å². The van der Waals surface area contributed by atoms with E-state index in [9.17, 15) is 13.5 Å². The summed E-state index contributed by atoms with van der Waals surface area (Å²) in [5.74, 6) is 0. The lowest BCUT2D eigenvalue weighted by atomic mass is 9.98. The van der Waals surface area contributed by atoms with Crippen molar-refractivity contribution in [2.45, 2.75) is 30.1 Å². The van der Waals surface area contributed by atoms with Gasteiger partial charge in [-0.2, -0.15) is 0 Å². The molecule has 2 unspecified atom stereocenters. The third-order valence-corrected chi connectivity index (χ3v) is 5.01. The molecule has 0 bridgehead atoms. The zero-order chi connectivity index (χ0) is 12.2. The molecule has 0 amide bonds. The van der Waals surface area contributed by atoms with Crippen LogP contribution in [-0.2, 0) is 14.6 Å². The molecule has 6 heteroatoms. The first-order chi connectivity index (χ1) is 7.46. The number of hydrogen-bond donors (Lipinski definition) is 2. The monoisotopic (exact) mass is 251 g/mol. The molecule has 0 saturated heterocycles. The van der Waals surface area contributed by atoms with Crippen LogP contribution in [0.5, 0.6) is 0 Å². The van der Waals surface area contributed by atoms with E-state index >= 15 is 0 Å². The summed E-state index contributed by atoms with van der Waals surface area (Å²) in [6.07, 6.45) is 3.40. The molecule has 16 heavy (non-hydrogen) atoms. The molecule has 5 nitrogen and oxygen atoms in total. The highest BCUT2D eigenvalue weighted by atomic mass is 32.2. The molecule has 1 fully saturated rings. The van der Waals surface area contributed by atoms with Gasteiger partial charge < -0.3 is 15.2 Å². The van der Waals surface area contributed by atoms with Gasteiger partial charge in [0.15, 0.2) is 9.84 Å². The Morgan fingerprint density at radius 2 is 2.25 bits per heavy atom. The molecule has 0 heterocycles. The van der Waals surface area contributed by atoms with Gasteiger partial charge in [0.25, 0.3) is 0 Å². The second-order valence-electron chi connectivity index (χ2n) is 4.44. The van der Waals surface area contributed by atoms with Gasteiger partial charge in [-0.15, -0.1) is 0 Å². The molecule has 1 rings (SSSR count). The summed E-state index contributed by atoms with van der Waals surface area (Å²) >= 11 is 0. The number of aliphatic hydroxyl groups is 1. The number of sulfone groups is 1. The average Bonchev–Trinajstić information content (AvgIpc) is 2.62. The molecule has 1 aliphatic carbocycles. The Kier molecular flexibility index (Phi) is 4.73. The summed E-state index contributed by atoms with van der Waals surface area (Å²) in [4.78, 5) is 0. The van der Waals surface area contributed by atoms with E-state index in [4.69, 9.17) is 4.74 Å². The van der Waals surface area contributed by atoms with Gasteiger partial charge in [0.2, 0.25) is 0 Å². The lowest BCUT2D eigenvalue weighted by Gasteiger charge is -2.33. The molecule has 2 atom stereocenters. The summed E-state index contributed by atoms with van der Waals surface area (Å²) in [7, 11) is -1.53. The molecule has 0 aliphatic heterocycles. The third kappa shape index (κ3) is 2.94. The van der Waals surface area contributed by atoms with E-state index < -0.39 is 20.6 Å². The molecule has 2 N–H and O–H groups in total. The van der Waals surface area contributed by atoms with Crippen molar-refractivity contribution in [2.24, 2.45) is 0 Å². The maximum atomic E-state index is 11.7. The van der Waals surface area contributed by atoms with Gasteiger partial charge in [0.05, 0.1) is 24.0 Å². The third-order valence-electron chi connectivity index (χ3n) is 3.29. The van der Waals surface area contributed by atoms with Crippen LogP contribution in [0.15, 0.2) is 0 Å². The Balaban J connectivity index is 2.76. The van der Waals surface area contributed by atoms with Crippen LogP contribution in [0.3, 0.4) is 0 Å². The lowest BCUT2D eigenvalue weighted by molar-refractivity contribution is 0.142. The first kappa shape index (κ1) is 13.9. The molecule has 0 radical (unpaired) electrons. The fourth-order valence-electron chi connectivity index (χ4n) is 2.51. The van der Waals surface area contributed by atoms with Crippen LogP contribution in [-0.4, -0.2) is 57.4 Å². The van der Waals surface area contributed by atoms with Crippen LogP contribution in [0.2, 0.25) is 0 Å². The van der Waals surface area contributed by atoms with Crippen LogP contribution in [0.25, 0.3) is 0 Å². The number of ether oxygens (including phenoxy) is 1. The minimum atomic E-state index is -3.12. The molecule has 0 aromatic heterocycles. The summed E-state index contributed by atoms with van der Waals surface area (Å²) in [5.41, 5.74) is -0.674. The van der Waals surface area contributed by atoms with E-state index in [1.165, 1.54) is 6.26 Å². The standard InChI is InChI=1S/C10H21NO4S/c1-15-7-6-11-10(8-12)5-3-4-9(10)16(2,13)14/h9,11-12H,3-8H2,1-2H3. The Hall–Kier alpha value is -0.170. The summed E-state index contributed by atoms with van der Waals surface area (Å²) in [6.45, 7) is 0.926. The second kappa shape index (κ2) is 5.44. The fourth-order valence-corrected chi connectivity index (χ4v) is 4.20. The number of methoxy groups -OCH3 is 1. The number of aliphatic hydroxyl groups excluding tert-OH is 1. The highest BCUT2D eigenvalue weighted by molar-refractivity contribution is 7.91. The fraction of sp³-hybridized carbons (Fsp3) is 1.00. The maximum absolute atomic E-state index is 11.7. The molecule has 1 aliphatic rings. The smallest absolute Gasteiger partial charge is 0.152 e. The van der Waals surface area contributed by atoms with E-state index in [0.29, 0.717) is 26.0 Å². The Labute approximate surface area is 97.1 Å². The minimum absolute atomic E-state index is 0.144. The quantitative estimate of drug-likeness (QED) is 0.625. The number of nitrogens with one attached hydrogen (secondary N) is 1. The van der Waals surface area contributed by atoms with E-state index in [0.717, 1.165) is 6.42 Å². The SMILES string of the molecule is COCCNC1(CO)CCCC1S(C)(=O)=O. The Morgan fingerprint density at radius 3 is 2.75 bits per heavy atom. The summed E-state index contributed by atoms with van der Waals surface area (Å²) in [6, 6.07) is 0. The molecule has 1 saturated carbocycles. The molecular formula is C10H21NO4S. The summed E-state index contributed by atoms with van der Waals surface area (Å²) in [5, 5.41) is 12.1. The van der Waals surface area contributed by atoms with Crippen molar-refractivity contribution < 1.29 is 18.3 Å². The highest BCUT2D eigenvalue weighted by Gasteiger charge is 2.47. The molecule has 0 aromatic rings. The minimum Gasteiger partial charge on any atom is -0.394 e. The molecule has 0 aromatic carbocycles. The van der Waals surface area contributed by atoms with Gasteiger partial charge in [0.1, 0.15) is 0 Å². The first-order valence-electron chi connectivity index (χ1n) is 5.50. The number of hydrogen-bond acceptors (Lipinski definition) is 5. The van der Waals surface area contributed by atoms with E-state index in [2.05, 4.69) is 5.32 Å². The largest absolute Gasteiger partial charge is 0.394 e. The predicted octanol–water partition coefficient (Wildman–Crippen LogP) is -0.449. The topological polar surface area (TPSA) is 75.6 Å². The van der Waals surface area contributed by atoms with Crippen molar-refractivity contribution >= 4 is 9.84 Å². The van der Waals surface area contributed by atoms with Crippen molar-refractivity contribution in [3.05, 3.63) is 0 Å². The van der Waals surface area contributed by atoms with Crippen molar-refractivity contribution in [1.29, 1.82) is 0 Å². The van der Waals surface area contributed by atoms with Gasteiger partial charge in [-0.1, -0.05) is 6.42 Å². The van der Waals surface area contributed by atoms with Crippen molar-refractivity contribution in [3.8, 4) is 0 Å². The second-order valence-corrected chi connectivity index (χ2v) is 6.67. The van der Waals surface area contributed by atoms with Crippen LogP contribution in [0.1, 0.15) is 19.3 Å². The van der Waals surface area contributed by atoms with Crippen LogP contribution < -0.4 is 5.32 Å². The van der Waals surface area contributed by atoms with E-state index in [1.54, 1.807) is 7.11 Å². The van der Waals surface area contributed by atoms with Gasteiger partial charge in [-0.25, -0.2) is 8.42 Å². The van der Waals surface area contributed by atoms with E-state index in [1.807, 2.05) is 0 Å². The highest BCUT2D eigenvalue weighted by Crippen LogP contribution is 2.34. The molecule has 96 valence electrons. The lowest BCUT2D eigenvalue weighted by Crippen LogP contribution is -2.57. The van der Waals surface area contributed by atoms with E-state index in [-0.39, 0.29) is 6.61 Å². The van der Waals surface area contributed by atoms with Crippen molar-refractivity contribution in [1.82, 2.24) is 5.32 Å². The molecule has 0 spiro atoms. The Bertz CT molecular complexity index is 317. The average molecular weight is 251 g/mol. The summed E-state index contributed by atoms with van der Waals surface area (Å²) < 4.78 is 28.2.